The van der Waals surface area contributed by atoms with Gasteiger partial charge in [-0.25, -0.2) is 0 Å². The van der Waals surface area contributed by atoms with Crippen molar-refractivity contribution in [2.24, 2.45) is 0 Å². The Morgan fingerprint density at radius 1 is 0.413 bits per heavy atom. The van der Waals surface area contributed by atoms with Crippen molar-refractivity contribution in [1.82, 2.24) is 4.57 Å². The van der Waals surface area contributed by atoms with E-state index in [4.69, 9.17) is 4.42 Å². The van der Waals surface area contributed by atoms with E-state index in [2.05, 4.69) is 169 Å². The van der Waals surface area contributed by atoms with Crippen molar-refractivity contribution in [3.63, 3.8) is 0 Å². The molecule has 7 aromatic carbocycles. The lowest BCUT2D eigenvalue weighted by molar-refractivity contribution is 0.669. The molecule has 0 spiro atoms. The third-order valence-electron chi connectivity index (χ3n) is 9.36. The van der Waals surface area contributed by atoms with Gasteiger partial charge in [0.15, 0.2) is 0 Å². The second-order valence-corrected chi connectivity index (χ2v) is 12.1. The van der Waals surface area contributed by atoms with E-state index >= 15 is 0 Å². The first kappa shape index (κ1) is 26.5. The summed E-state index contributed by atoms with van der Waals surface area (Å²) in [5.41, 5.74) is 13.9. The molecule has 2 heteroatoms. The molecule has 0 unspecified atom stereocenters. The summed E-state index contributed by atoms with van der Waals surface area (Å²) < 4.78 is 8.75. The van der Waals surface area contributed by atoms with Crippen molar-refractivity contribution in [2.45, 2.75) is 13.3 Å². The number of furan rings is 1. The minimum Gasteiger partial charge on any atom is -0.456 e. The van der Waals surface area contributed by atoms with Crippen molar-refractivity contribution in [2.75, 3.05) is 0 Å². The summed E-state index contributed by atoms with van der Waals surface area (Å²) in [5, 5.41) is 4.82. The van der Waals surface area contributed by atoms with E-state index in [9.17, 15) is 0 Å². The molecule has 0 N–H and O–H groups in total. The summed E-state index contributed by atoms with van der Waals surface area (Å²) in [6.45, 7) is 2.21. The summed E-state index contributed by atoms with van der Waals surface area (Å²) >= 11 is 0. The number of aryl methyl sites for hydroxylation is 1. The summed E-state index contributed by atoms with van der Waals surface area (Å²) in [4.78, 5) is 0. The van der Waals surface area contributed by atoms with E-state index in [1.54, 1.807) is 0 Å². The number of hydrogen-bond acceptors (Lipinski definition) is 1. The van der Waals surface area contributed by atoms with Gasteiger partial charge in [0.25, 0.3) is 0 Å². The Balaban J connectivity index is 1.16. The van der Waals surface area contributed by atoms with Crippen molar-refractivity contribution in [3.05, 3.63) is 163 Å². The molecular weight excluding hydrogens is 558 g/mol. The van der Waals surface area contributed by atoms with Crippen LogP contribution in [-0.2, 0) is 6.42 Å². The van der Waals surface area contributed by atoms with Crippen molar-refractivity contribution in [3.8, 4) is 39.1 Å². The zero-order chi connectivity index (χ0) is 30.6. The third-order valence-corrected chi connectivity index (χ3v) is 9.36. The topological polar surface area (TPSA) is 18.1 Å². The van der Waals surface area contributed by atoms with Gasteiger partial charge in [0.1, 0.15) is 11.2 Å². The van der Waals surface area contributed by atoms with Gasteiger partial charge in [0.05, 0.1) is 11.0 Å². The monoisotopic (exact) mass is 589 g/mol. The molecule has 0 saturated heterocycles. The van der Waals surface area contributed by atoms with Crippen LogP contribution in [-0.4, -0.2) is 4.57 Å². The molecule has 46 heavy (non-hydrogen) atoms. The Morgan fingerprint density at radius 2 is 1.00 bits per heavy atom. The van der Waals surface area contributed by atoms with Crippen LogP contribution >= 0.6 is 0 Å². The normalized spacial score (nSPS) is 11.7. The van der Waals surface area contributed by atoms with E-state index in [0.29, 0.717) is 0 Å². The molecule has 0 amide bonds. The van der Waals surface area contributed by atoms with Gasteiger partial charge >= 0.3 is 0 Å². The van der Waals surface area contributed by atoms with E-state index in [1.165, 1.54) is 60.8 Å². The Morgan fingerprint density at radius 3 is 1.74 bits per heavy atom. The lowest BCUT2D eigenvalue weighted by atomic mass is 9.96. The SMILES string of the molecule is CCc1ccc2c(c1)c1ccccc1n2-c1ccc2oc3ccc(-c4cccc(-c5cccc(-c6ccccc6)c5)c4)cc3c2c1. The molecule has 0 aliphatic rings. The lowest BCUT2D eigenvalue weighted by Gasteiger charge is -2.09. The maximum Gasteiger partial charge on any atom is 0.135 e. The molecule has 2 aromatic heterocycles. The van der Waals surface area contributed by atoms with Crippen LogP contribution in [0.1, 0.15) is 12.5 Å². The number of benzene rings is 7. The first-order valence-electron chi connectivity index (χ1n) is 16.0. The molecule has 2 heterocycles. The predicted molar refractivity (Wildman–Crippen MR) is 194 cm³/mol. The van der Waals surface area contributed by atoms with Crippen LogP contribution in [0.3, 0.4) is 0 Å². The van der Waals surface area contributed by atoms with Crippen LogP contribution in [0.15, 0.2) is 162 Å². The van der Waals surface area contributed by atoms with Crippen LogP contribution in [0.4, 0.5) is 0 Å². The largest absolute Gasteiger partial charge is 0.456 e. The van der Waals surface area contributed by atoms with Gasteiger partial charge in [-0.2, -0.15) is 0 Å². The van der Waals surface area contributed by atoms with Crippen molar-refractivity contribution < 1.29 is 4.42 Å². The fourth-order valence-electron chi connectivity index (χ4n) is 6.99. The first-order chi connectivity index (χ1) is 22.7. The Kier molecular flexibility index (Phi) is 6.14. The van der Waals surface area contributed by atoms with Gasteiger partial charge in [0.2, 0.25) is 0 Å². The Labute approximate surface area is 267 Å². The molecular formula is C44H31NO. The van der Waals surface area contributed by atoms with Gasteiger partial charge in [-0.05, 0) is 106 Å². The van der Waals surface area contributed by atoms with E-state index in [1.807, 2.05) is 0 Å². The molecule has 0 atom stereocenters. The Bertz CT molecular complexity index is 2570. The lowest BCUT2D eigenvalue weighted by Crippen LogP contribution is -1.93. The van der Waals surface area contributed by atoms with Crippen LogP contribution in [0, 0.1) is 0 Å². The summed E-state index contributed by atoms with van der Waals surface area (Å²) in [7, 11) is 0. The summed E-state index contributed by atoms with van der Waals surface area (Å²) in [6.07, 6.45) is 1.02. The van der Waals surface area contributed by atoms with Crippen molar-refractivity contribution in [1.29, 1.82) is 0 Å². The van der Waals surface area contributed by atoms with Gasteiger partial charge in [0, 0.05) is 27.2 Å². The van der Waals surface area contributed by atoms with E-state index in [0.717, 1.165) is 34.0 Å². The van der Waals surface area contributed by atoms with Crippen molar-refractivity contribution >= 4 is 43.7 Å². The fourth-order valence-corrected chi connectivity index (χ4v) is 6.99. The zero-order valence-corrected chi connectivity index (χ0v) is 25.6. The van der Waals surface area contributed by atoms with E-state index in [-0.39, 0.29) is 0 Å². The maximum atomic E-state index is 6.36. The molecule has 218 valence electrons. The maximum absolute atomic E-state index is 6.36. The summed E-state index contributed by atoms with van der Waals surface area (Å²) in [6, 6.07) is 56.9. The highest BCUT2D eigenvalue weighted by atomic mass is 16.3. The van der Waals surface area contributed by atoms with Crippen LogP contribution in [0.2, 0.25) is 0 Å². The highest BCUT2D eigenvalue weighted by molar-refractivity contribution is 6.11. The second-order valence-electron chi connectivity index (χ2n) is 12.1. The average Bonchev–Trinajstić information content (AvgIpc) is 3.66. The molecule has 0 fully saturated rings. The minimum absolute atomic E-state index is 0.899. The molecule has 0 aliphatic heterocycles. The fraction of sp³-hybridized carbons (Fsp3) is 0.0455. The van der Waals surface area contributed by atoms with Crippen LogP contribution in [0.5, 0.6) is 0 Å². The number of rotatable bonds is 5. The van der Waals surface area contributed by atoms with Crippen LogP contribution < -0.4 is 0 Å². The summed E-state index contributed by atoms with van der Waals surface area (Å²) in [5.74, 6) is 0. The highest BCUT2D eigenvalue weighted by Crippen LogP contribution is 2.38. The van der Waals surface area contributed by atoms with Gasteiger partial charge in [-0.3, -0.25) is 0 Å². The molecule has 9 rings (SSSR count). The third kappa shape index (κ3) is 4.34. The average molecular weight is 590 g/mol. The second kappa shape index (κ2) is 10.6. The Hall–Kier alpha value is -5.86. The molecule has 0 aliphatic carbocycles. The molecule has 2 nitrogen and oxygen atoms in total. The van der Waals surface area contributed by atoms with Crippen LogP contribution in [0.25, 0.3) is 82.8 Å². The first-order valence-corrected chi connectivity index (χ1v) is 16.0. The minimum atomic E-state index is 0.899. The predicted octanol–water partition coefficient (Wildman–Crippen LogP) is 12.2. The van der Waals surface area contributed by atoms with Gasteiger partial charge in [-0.1, -0.05) is 104 Å². The standard InChI is InChI=1S/C44H31NO/c1-2-29-18-21-42-38(24-29)37-16-6-7-17-41(37)45(42)36-20-23-44-40(28-36)39-27-35(19-22-43(39)46-44)34-15-9-14-33(26-34)32-13-8-12-31(25-32)30-10-4-3-5-11-30/h3-28H,2H2,1H3. The van der Waals surface area contributed by atoms with E-state index < -0.39 is 0 Å². The molecule has 0 bridgehead atoms. The number of aromatic nitrogens is 1. The number of fused-ring (bicyclic) bond motifs is 6. The highest BCUT2D eigenvalue weighted by Gasteiger charge is 2.15. The number of hydrogen-bond donors (Lipinski definition) is 0. The quantitative estimate of drug-likeness (QED) is 0.195. The van der Waals surface area contributed by atoms with Gasteiger partial charge in [-0.15, -0.1) is 0 Å². The molecule has 9 aromatic rings. The molecule has 0 saturated carbocycles. The van der Waals surface area contributed by atoms with Gasteiger partial charge < -0.3 is 8.98 Å². The zero-order valence-electron chi connectivity index (χ0n) is 25.6. The molecule has 0 radical (unpaired) electrons. The smallest absolute Gasteiger partial charge is 0.135 e. The number of nitrogens with zero attached hydrogens (tertiary/aromatic N) is 1. The number of para-hydroxylation sites is 1.